The van der Waals surface area contributed by atoms with Crippen LogP contribution in [0.5, 0.6) is 0 Å². The van der Waals surface area contributed by atoms with Crippen molar-refractivity contribution in [3.8, 4) is 22.9 Å². The summed E-state index contributed by atoms with van der Waals surface area (Å²) in [7, 11) is 1.31. The zero-order valence-corrected chi connectivity index (χ0v) is 23.1. The predicted octanol–water partition coefficient (Wildman–Crippen LogP) is 6.06. The van der Waals surface area contributed by atoms with Crippen molar-refractivity contribution in [3.05, 3.63) is 76.6 Å². The molecular weight excluding hydrogens is 546 g/mol. The van der Waals surface area contributed by atoms with E-state index in [1.54, 1.807) is 48.7 Å². The molecule has 1 aromatic carbocycles. The van der Waals surface area contributed by atoms with E-state index < -0.39 is 23.9 Å². The van der Waals surface area contributed by atoms with Crippen LogP contribution in [0.4, 0.5) is 5.00 Å². The van der Waals surface area contributed by atoms with Crippen molar-refractivity contribution in [3.63, 3.8) is 0 Å². The summed E-state index contributed by atoms with van der Waals surface area (Å²) in [4.78, 5) is 49.0. The molecule has 5 aromatic rings. The van der Waals surface area contributed by atoms with Crippen LogP contribution in [0, 0.1) is 0 Å². The molecule has 0 bridgehead atoms. The fraction of sp³-hybridized carbons (Fsp3) is 0.233. The first-order valence-electron chi connectivity index (χ1n) is 13.1. The van der Waals surface area contributed by atoms with Gasteiger partial charge in [0, 0.05) is 4.88 Å². The van der Waals surface area contributed by atoms with Gasteiger partial charge in [-0.2, -0.15) is 0 Å². The van der Waals surface area contributed by atoms with Gasteiger partial charge in [-0.25, -0.2) is 19.6 Å². The van der Waals surface area contributed by atoms with E-state index in [0.29, 0.717) is 44.5 Å². The molecule has 1 amide bonds. The van der Waals surface area contributed by atoms with Crippen LogP contribution in [0.1, 0.15) is 50.9 Å². The maximum atomic E-state index is 13.0. The van der Waals surface area contributed by atoms with Crippen LogP contribution in [0.15, 0.2) is 63.8 Å². The average molecular weight is 572 g/mol. The molecule has 41 heavy (non-hydrogen) atoms. The lowest BCUT2D eigenvalue weighted by molar-refractivity contribution is -0.123. The smallest absolute Gasteiger partial charge is 0.341 e. The Morgan fingerprint density at radius 1 is 0.927 bits per heavy atom. The average Bonchev–Trinajstić information content (AvgIpc) is 3.77. The molecule has 1 aliphatic rings. The number of nitrogens with one attached hydrogen (secondary N) is 1. The first-order chi connectivity index (χ1) is 19.9. The van der Waals surface area contributed by atoms with E-state index in [2.05, 4.69) is 5.32 Å². The summed E-state index contributed by atoms with van der Waals surface area (Å²) >= 11 is 1.37. The van der Waals surface area contributed by atoms with E-state index in [9.17, 15) is 14.4 Å². The van der Waals surface area contributed by atoms with E-state index in [1.807, 2.05) is 0 Å². The monoisotopic (exact) mass is 571 g/mol. The number of aromatic nitrogens is 2. The van der Waals surface area contributed by atoms with Gasteiger partial charge >= 0.3 is 11.9 Å². The molecule has 0 fully saturated rings. The minimum atomic E-state index is -1.13. The number of carbonyl (C=O) groups is 3. The number of benzene rings is 1. The molecule has 4 heterocycles. The van der Waals surface area contributed by atoms with E-state index >= 15 is 0 Å². The molecule has 1 atom stereocenters. The largest absolute Gasteiger partial charge is 0.465 e. The van der Waals surface area contributed by atoms with Crippen LogP contribution in [0.2, 0.25) is 0 Å². The zero-order chi connectivity index (χ0) is 28.5. The Hall–Kier alpha value is -4.77. The second-order valence-corrected chi connectivity index (χ2v) is 10.6. The molecule has 0 saturated carbocycles. The van der Waals surface area contributed by atoms with Gasteiger partial charge in [0.25, 0.3) is 5.91 Å². The number of fused-ring (bicyclic) bond motifs is 2. The first kappa shape index (κ1) is 26.5. The fourth-order valence-corrected chi connectivity index (χ4v) is 6.10. The molecule has 4 aromatic heterocycles. The minimum Gasteiger partial charge on any atom is -0.465 e. The van der Waals surface area contributed by atoms with Gasteiger partial charge in [0.05, 0.1) is 41.8 Å². The lowest BCUT2D eigenvalue weighted by Gasteiger charge is -2.14. The van der Waals surface area contributed by atoms with Crippen LogP contribution in [0.25, 0.3) is 33.9 Å². The summed E-state index contributed by atoms with van der Waals surface area (Å²) in [6, 6.07) is 11.8. The van der Waals surface area contributed by atoms with E-state index in [0.717, 1.165) is 36.1 Å². The van der Waals surface area contributed by atoms with Crippen molar-refractivity contribution in [1.29, 1.82) is 0 Å². The van der Waals surface area contributed by atoms with Crippen molar-refractivity contribution in [2.45, 2.75) is 38.7 Å². The third-order valence-electron chi connectivity index (χ3n) is 6.86. The van der Waals surface area contributed by atoms with Crippen LogP contribution < -0.4 is 5.32 Å². The van der Waals surface area contributed by atoms with Crippen molar-refractivity contribution in [2.24, 2.45) is 0 Å². The number of hydrogen-bond acceptors (Lipinski definition) is 10. The molecule has 11 heteroatoms. The summed E-state index contributed by atoms with van der Waals surface area (Å²) in [5.41, 5.74) is 3.43. The number of aryl methyl sites for hydroxylation is 1. The normalized spacial score (nSPS) is 13.4. The Morgan fingerprint density at radius 2 is 1.61 bits per heavy atom. The van der Waals surface area contributed by atoms with E-state index in [4.69, 9.17) is 28.3 Å². The summed E-state index contributed by atoms with van der Waals surface area (Å²) in [6.07, 6.45) is 5.55. The number of furan rings is 2. The highest BCUT2D eigenvalue weighted by Gasteiger charge is 2.29. The van der Waals surface area contributed by atoms with Crippen LogP contribution in [0.3, 0.4) is 0 Å². The van der Waals surface area contributed by atoms with Crippen LogP contribution >= 0.6 is 11.3 Å². The van der Waals surface area contributed by atoms with Crippen molar-refractivity contribution < 1.29 is 32.7 Å². The molecule has 0 saturated heterocycles. The number of hydrogen-bond donors (Lipinski definition) is 1. The summed E-state index contributed by atoms with van der Waals surface area (Å²) in [5, 5.41) is 3.18. The predicted molar refractivity (Wildman–Crippen MR) is 151 cm³/mol. The second-order valence-electron chi connectivity index (χ2n) is 9.52. The molecule has 10 nitrogen and oxygen atoms in total. The molecule has 1 unspecified atom stereocenters. The highest BCUT2D eigenvalue weighted by Crippen LogP contribution is 2.39. The standard InChI is InChI=1S/C30H25N3O7S/c1-16(27(34)33-28-24(30(36)37-2)18-7-3-4-10-23(18)41-28)40-29(35)17-11-12-19-20(15-17)32-26(22-9-6-14-39-22)25(31-19)21-8-5-13-38-21/h5-6,8-9,11-16H,3-4,7,10H2,1-2H3,(H,33,34). The highest BCUT2D eigenvalue weighted by molar-refractivity contribution is 7.17. The van der Waals surface area contributed by atoms with Crippen molar-refractivity contribution in [1.82, 2.24) is 9.97 Å². The number of carbonyl (C=O) groups excluding carboxylic acids is 3. The number of nitrogens with zero attached hydrogens (tertiary/aromatic N) is 2. The maximum absolute atomic E-state index is 13.0. The summed E-state index contributed by atoms with van der Waals surface area (Å²) in [6.45, 7) is 1.48. The zero-order valence-electron chi connectivity index (χ0n) is 22.3. The number of esters is 2. The summed E-state index contributed by atoms with van der Waals surface area (Å²) < 4.78 is 21.6. The Kier molecular flexibility index (Phi) is 7.10. The maximum Gasteiger partial charge on any atom is 0.341 e. The molecule has 1 aliphatic carbocycles. The number of methoxy groups -OCH3 is 1. The van der Waals surface area contributed by atoms with Gasteiger partial charge in [-0.05, 0) is 80.6 Å². The quantitative estimate of drug-likeness (QED) is 0.231. The summed E-state index contributed by atoms with van der Waals surface area (Å²) in [5.74, 6) is -0.733. The Bertz CT molecular complexity index is 1760. The fourth-order valence-electron chi connectivity index (χ4n) is 4.82. The minimum absolute atomic E-state index is 0.199. The lowest BCUT2D eigenvalue weighted by atomic mass is 9.95. The lowest BCUT2D eigenvalue weighted by Crippen LogP contribution is -2.30. The molecular formula is C30H25N3O7S. The van der Waals surface area contributed by atoms with E-state index in [-0.39, 0.29) is 5.56 Å². The topological polar surface area (TPSA) is 134 Å². The van der Waals surface area contributed by atoms with Gasteiger partial charge in [0.15, 0.2) is 17.6 Å². The van der Waals surface area contributed by atoms with Gasteiger partial charge < -0.3 is 23.6 Å². The van der Waals surface area contributed by atoms with Crippen LogP contribution in [-0.2, 0) is 27.1 Å². The number of ether oxygens (including phenoxy) is 2. The van der Waals surface area contributed by atoms with Gasteiger partial charge in [-0.3, -0.25) is 4.79 Å². The van der Waals surface area contributed by atoms with E-state index in [1.165, 1.54) is 31.6 Å². The van der Waals surface area contributed by atoms with Gasteiger partial charge in [-0.15, -0.1) is 11.3 Å². The Morgan fingerprint density at radius 3 is 2.27 bits per heavy atom. The molecule has 0 spiro atoms. The van der Waals surface area contributed by atoms with Crippen molar-refractivity contribution in [2.75, 3.05) is 12.4 Å². The molecule has 6 rings (SSSR count). The number of rotatable bonds is 7. The molecule has 208 valence electrons. The SMILES string of the molecule is COC(=O)c1c(NC(=O)C(C)OC(=O)c2ccc3nc(-c4ccco4)c(-c4ccco4)nc3c2)sc2c1CCCC2. The number of amides is 1. The second kappa shape index (κ2) is 11.0. The third-order valence-corrected chi connectivity index (χ3v) is 8.07. The molecule has 0 radical (unpaired) electrons. The van der Waals surface area contributed by atoms with Crippen LogP contribution in [-0.4, -0.2) is 41.0 Å². The van der Waals surface area contributed by atoms with Crippen molar-refractivity contribution >= 4 is 45.2 Å². The first-order valence-corrected chi connectivity index (χ1v) is 13.9. The molecule has 1 N–H and O–H groups in total. The third kappa shape index (κ3) is 5.11. The highest BCUT2D eigenvalue weighted by atomic mass is 32.1. The van der Waals surface area contributed by atoms with Gasteiger partial charge in [-0.1, -0.05) is 0 Å². The van der Waals surface area contributed by atoms with Gasteiger partial charge in [0.1, 0.15) is 16.4 Å². The number of thiophene rings is 1. The molecule has 0 aliphatic heterocycles. The Balaban J connectivity index is 1.23. The Labute approximate surface area is 238 Å². The number of anilines is 1. The van der Waals surface area contributed by atoms with Gasteiger partial charge in [0.2, 0.25) is 0 Å².